The molecule has 0 aromatic carbocycles. The van der Waals surface area contributed by atoms with Gasteiger partial charge in [0.05, 0.1) is 19.6 Å². The van der Waals surface area contributed by atoms with Gasteiger partial charge in [-0.2, -0.15) is 9.97 Å². The smallest absolute Gasteiger partial charge is 0.226 e. The Labute approximate surface area is 177 Å². The third-order valence-electron chi connectivity index (χ3n) is 5.27. The lowest BCUT2D eigenvalue weighted by Gasteiger charge is -2.23. The van der Waals surface area contributed by atoms with Crippen LogP contribution in [-0.2, 0) is 14.2 Å². The van der Waals surface area contributed by atoms with Crippen molar-refractivity contribution in [2.45, 2.75) is 49.8 Å². The van der Waals surface area contributed by atoms with Gasteiger partial charge in [0, 0.05) is 25.9 Å². The third kappa shape index (κ3) is 4.51. The molecule has 2 aromatic heterocycles. The van der Waals surface area contributed by atoms with Crippen molar-refractivity contribution in [3.8, 4) is 0 Å². The summed E-state index contributed by atoms with van der Waals surface area (Å²) >= 11 is 6.14. The van der Waals surface area contributed by atoms with Crippen LogP contribution in [0.5, 0.6) is 0 Å². The molecule has 2 aromatic rings. The largest absolute Gasteiger partial charge is 0.387 e. The van der Waals surface area contributed by atoms with Crippen LogP contribution in [0, 0.1) is 0 Å². The fraction of sp³-hybridized carbons (Fsp3) is 0.722. The van der Waals surface area contributed by atoms with E-state index in [4.69, 9.17) is 25.8 Å². The number of aliphatic hydroxyl groups excluding tert-OH is 2. The molecule has 0 spiro atoms. The van der Waals surface area contributed by atoms with Gasteiger partial charge < -0.3 is 29.7 Å². The van der Waals surface area contributed by atoms with Crippen LogP contribution in [0.3, 0.4) is 0 Å². The number of anilines is 1. The molecule has 0 amide bonds. The average molecular weight is 446 g/mol. The summed E-state index contributed by atoms with van der Waals surface area (Å²) in [5.74, 6) is 0.495. The molecule has 2 saturated heterocycles. The summed E-state index contributed by atoms with van der Waals surface area (Å²) in [7, 11) is 0. The highest BCUT2D eigenvalue weighted by atomic mass is 35.5. The van der Waals surface area contributed by atoms with Gasteiger partial charge in [-0.15, -0.1) is 0 Å². The van der Waals surface area contributed by atoms with Gasteiger partial charge in [0.25, 0.3) is 0 Å². The Morgan fingerprint density at radius 2 is 2.07 bits per heavy atom. The number of alkyl halides is 1. The van der Waals surface area contributed by atoms with Crippen LogP contribution in [0.1, 0.15) is 25.5 Å². The Morgan fingerprint density at radius 3 is 2.83 bits per heavy atom. The number of aliphatic hydroxyl groups is 2. The van der Waals surface area contributed by atoms with Crippen LogP contribution in [0.25, 0.3) is 11.2 Å². The van der Waals surface area contributed by atoms with Crippen molar-refractivity contribution in [1.82, 2.24) is 19.5 Å². The zero-order chi connectivity index (χ0) is 21.1. The third-order valence-corrected chi connectivity index (χ3v) is 5.44. The molecule has 0 saturated carbocycles. The number of nitrogens with zero attached hydrogens (tertiary/aromatic N) is 4. The summed E-state index contributed by atoms with van der Waals surface area (Å²) in [5, 5.41) is 24.2. The standard InChI is InChI=1S/C18H25ClFN5O5/c19-18-23-15(22-10-2-6-28-7-3-10)12-16(24-18)25(9-21-12)17-14(27)13(26)11(30-17)8-29-5-1-4-20/h9-11,13-14,17,26-27H,1-8H2,(H,22,23,24)/t11-,13-,14-,17-/m1/s1. The number of hydrogen-bond acceptors (Lipinski definition) is 9. The monoisotopic (exact) mass is 445 g/mol. The lowest BCUT2D eigenvalue weighted by atomic mass is 10.1. The second kappa shape index (κ2) is 9.67. The average Bonchev–Trinajstić information content (AvgIpc) is 3.28. The van der Waals surface area contributed by atoms with Gasteiger partial charge in [-0.1, -0.05) is 0 Å². The number of ether oxygens (including phenoxy) is 3. The fourth-order valence-corrected chi connectivity index (χ4v) is 3.83. The molecule has 0 aliphatic carbocycles. The van der Waals surface area contributed by atoms with E-state index in [0.29, 0.717) is 30.2 Å². The van der Waals surface area contributed by atoms with E-state index < -0.39 is 31.2 Å². The van der Waals surface area contributed by atoms with Crippen molar-refractivity contribution in [3.05, 3.63) is 11.6 Å². The van der Waals surface area contributed by atoms with Crippen LogP contribution in [0.4, 0.5) is 10.2 Å². The molecule has 10 nitrogen and oxygen atoms in total. The molecule has 3 N–H and O–H groups in total. The van der Waals surface area contributed by atoms with Gasteiger partial charge in [0.15, 0.2) is 23.2 Å². The highest BCUT2D eigenvalue weighted by Crippen LogP contribution is 2.33. The van der Waals surface area contributed by atoms with Crippen molar-refractivity contribution in [3.63, 3.8) is 0 Å². The van der Waals surface area contributed by atoms with Crippen molar-refractivity contribution in [2.24, 2.45) is 0 Å². The van der Waals surface area contributed by atoms with E-state index in [2.05, 4.69) is 20.3 Å². The van der Waals surface area contributed by atoms with Crippen molar-refractivity contribution < 1.29 is 28.8 Å². The normalized spacial score (nSPS) is 27.7. The Bertz CT molecular complexity index is 852. The second-order valence-corrected chi connectivity index (χ2v) is 7.70. The highest BCUT2D eigenvalue weighted by Gasteiger charge is 2.44. The molecule has 0 bridgehead atoms. The topological polar surface area (TPSA) is 124 Å². The number of fused-ring (bicyclic) bond motifs is 1. The molecule has 12 heteroatoms. The number of halogens is 2. The first kappa shape index (κ1) is 21.6. The van der Waals surface area contributed by atoms with Crippen LogP contribution in [0.2, 0.25) is 5.28 Å². The predicted molar refractivity (Wildman–Crippen MR) is 105 cm³/mol. The summed E-state index contributed by atoms with van der Waals surface area (Å²) in [6.45, 7) is 1.10. The molecular weight excluding hydrogens is 421 g/mol. The van der Waals surface area contributed by atoms with E-state index in [1.54, 1.807) is 0 Å². The van der Waals surface area contributed by atoms with Gasteiger partial charge in [-0.05, 0) is 30.9 Å². The SMILES string of the molecule is O[C@@H]1[C@H](O)[C@@H](COCCCF)O[C@H]1n1cnc2c(NC3CCOCC3)nc(Cl)nc21. The summed E-state index contributed by atoms with van der Waals surface area (Å²) in [5.41, 5.74) is 0.860. The van der Waals surface area contributed by atoms with Crippen LogP contribution < -0.4 is 5.32 Å². The van der Waals surface area contributed by atoms with E-state index in [1.807, 2.05) is 0 Å². The lowest BCUT2D eigenvalue weighted by Crippen LogP contribution is -2.34. The Morgan fingerprint density at radius 1 is 1.27 bits per heavy atom. The molecular formula is C18H25ClFN5O5. The van der Waals surface area contributed by atoms with Crippen molar-refractivity contribution in [2.75, 3.05) is 38.4 Å². The molecule has 2 aliphatic heterocycles. The molecule has 0 unspecified atom stereocenters. The van der Waals surface area contributed by atoms with Gasteiger partial charge >= 0.3 is 0 Å². The van der Waals surface area contributed by atoms with Gasteiger partial charge in [-0.3, -0.25) is 8.96 Å². The number of nitrogens with one attached hydrogen (secondary N) is 1. The lowest BCUT2D eigenvalue weighted by molar-refractivity contribution is -0.0658. The van der Waals surface area contributed by atoms with Crippen LogP contribution in [-0.4, -0.2) is 87.2 Å². The Balaban J connectivity index is 1.54. The zero-order valence-electron chi connectivity index (χ0n) is 16.3. The van der Waals surface area contributed by atoms with E-state index in [0.717, 1.165) is 12.8 Å². The second-order valence-electron chi connectivity index (χ2n) is 7.36. The van der Waals surface area contributed by atoms with Crippen LogP contribution in [0.15, 0.2) is 6.33 Å². The summed E-state index contributed by atoms with van der Waals surface area (Å²) in [6.07, 6.45) is -0.680. The number of hydrogen-bond donors (Lipinski definition) is 3. The molecule has 4 heterocycles. The van der Waals surface area contributed by atoms with E-state index in [-0.39, 0.29) is 31.0 Å². The van der Waals surface area contributed by atoms with Crippen LogP contribution >= 0.6 is 11.6 Å². The quantitative estimate of drug-likeness (QED) is 0.404. The molecule has 4 atom stereocenters. The molecule has 4 rings (SSSR count). The molecule has 166 valence electrons. The zero-order valence-corrected chi connectivity index (χ0v) is 17.0. The van der Waals surface area contributed by atoms with E-state index in [9.17, 15) is 14.6 Å². The van der Waals surface area contributed by atoms with E-state index >= 15 is 0 Å². The van der Waals surface area contributed by atoms with E-state index in [1.165, 1.54) is 10.9 Å². The van der Waals surface area contributed by atoms with Gasteiger partial charge in [0.2, 0.25) is 5.28 Å². The minimum absolute atomic E-state index is 0.0259. The maximum absolute atomic E-state index is 12.2. The minimum Gasteiger partial charge on any atom is -0.387 e. The van der Waals surface area contributed by atoms with Crippen molar-refractivity contribution in [1.29, 1.82) is 0 Å². The summed E-state index contributed by atoms with van der Waals surface area (Å²) < 4.78 is 30.2. The summed E-state index contributed by atoms with van der Waals surface area (Å²) in [4.78, 5) is 12.9. The molecule has 30 heavy (non-hydrogen) atoms. The number of rotatable bonds is 8. The summed E-state index contributed by atoms with van der Waals surface area (Å²) in [6, 6.07) is 0.180. The predicted octanol–water partition coefficient (Wildman–Crippen LogP) is 1.07. The molecule has 0 radical (unpaired) electrons. The first-order chi connectivity index (χ1) is 14.6. The maximum Gasteiger partial charge on any atom is 0.226 e. The number of aromatic nitrogens is 4. The fourth-order valence-electron chi connectivity index (χ4n) is 3.66. The molecule has 2 aliphatic rings. The molecule has 2 fully saturated rings. The van der Waals surface area contributed by atoms with Gasteiger partial charge in [-0.25, -0.2) is 4.98 Å². The number of imidazole rings is 1. The Kier molecular flexibility index (Phi) is 6.96. The first-order valence-corrected chi connectivity index (χ1v) is 10.4. The first-order valence-electron chi connectivity index (χ1n) is 9.98. The van der Waals surface area contributed by atoms with Gasteiger partial charge in [0.1, 0.15) is 18.3 Å². The van der Waals surface area contributed by atoms with Crippen molar-refractivity contribution >= 4 is 28.6 Å². The Hall–Kier alpha value is -1.63. The minimum atomic E-state index is -1.22. The maximum atomic E-state index is 12.2. The highest BCUT2D eigenvalue weighted by molar-refractivity contribution is 6.28.